The molecule has 2 unspecified atom stereocenters. The summed E-state index contributed by atoms with van der Waals surface area (Å²) >= 11 is 12.1. The van der Waals surface area contributed by atoms with Crippen molar-refractivity contribution in [2.75, 3.05) is 18.1 Å². The molecule has 0 aromatic heterocycles. The number of nitrogens with one attached hydrogen (secondary N) is 1. The molecule has 0 radical (unpaired) electrons. The Morgan fingerprint density at radius 3 is 3.00 bits per heavy atom. The first-order valence-corrected chi connectivity index (χ1v) is 7.44. The summed E-state index contributed by atoms with van der Waals surface area (Å²) in [7, 11) is -0.767. The van der Waals surface area contributed by atoms with Gasteiger partial charge in [0.15, 0.2) is 0 Å². The first-order chi connectivity index (χ1) is 7.66. The number of hydrogen-bond acceptors (Lipinski definition) is 2. The van der Waals surface area contributed by atoms with Gasteiger partial charge >= 0.3 is 0 Å². The van der Waals surface area contributed by atoms with E-state index in [9.17, 15) is 4.21 Å². The summed E-state index contributed by atoms with van der Waals surface area (Å²) in [5, 5.41) is 4.70. The van der Waals surface area contributed by atoms with E-state index in [4.69, 9.17) is 23.2 Å². The van der Waals surface area contributed by atoms with Crippen molar-refractivity contribution in [1.29, 1.82) is 0 Å². The van der Waals surface area contributed by atoms with Crippen molar-refractivity contribution in [3.63, 3.8) is 0 Å². The molecule has 2 atom stereocenters. The third kappa shape index (κ3) is 2.98. The second kappa shape index (κ2) is 5.50. The molecule has 1 N–H and O–H groups in total. The highest BCUT2D eigenvalue weighted by molar-refractivity contribution is 7.85. The van der Waals surface area contributed by atoms with Gasteiger partial charge in [-0.1, -0.05) is 23.2 Å². The normalized spacial score (nSPS) is 26.4. The third-order valence-corrected chi connectivity index (χ3v) is 4.65. The maximum Gasteiger partial charge on any atom is 0.0455 e. The van der Waals surface area contributed by atoms with Crippen LogP contribution in [0.2, 0.25) is 10.0 Å². The van der Waals surface area contributed by atoms with E-state index in [0.29, 0.717) is 15.8 Å². The minimum atomic E-state index is -0.767. The van der Waals surface area contributed by atoms with E-state index in [0.717, 1.165) is 24.3 Å². The van der Waals surface area contributed by atoms with E-state index in [2.05, 4.69) is 5.32 Å². The molecule has 1 aliphatic rings. The minimum absolute atomic E-state index is 0.0505. The Morgan fingerprint density at radius 2 is 2.19 bits per heavy atom. The highest BCUT2D eigenvalue weighted by atomic mass is 35.5. The average molecular weight is 278 g/mol. The van der Waals surface area contributed by atoms with E-state index in [1.807, 2.05) is 6.07 Å². The van der Waals surface area contributed by atoms with E-state index in [1.165, 1.54) is 0 Å². The summed E-state index contributed by atoms with van der Waals surface area (Å²) in [4.78, 5) is 0. The molecule has 0 bridgehead atoms. The Bertz CT molecular complexity index is 411. The number of benzene rings is 1. The number of halogens is 2. The Labute approximate surface area is 108 Å². The van der Waals surface area contributed by atoms with Gasteiger partial charge in [-0.25, -0.2) is 0 Å². The summed E-state index contributed by atoms with van der Waals surface area (Å²) in [6, 6.07) is 5.45. The van der Waals surface area contributed by atoms with Crippen molar-refractivity contribution in [3.8, 4) is 0 Å². The molecule has 2 nitrogen and oxygen atoms in total. The van der Waals surface area contributed by atoms with Gasteiger partial charge in [-0.05, 0) is 36.7 Å². The smallest absolute Gasteiger partial charge is 0.0455 e. The zero-order valence-corrected chi connectivity index (χ0v) is 11.0. The molecule has 0 amide bonds. The molecule has 1 fully saturated rings. The molecule has 1 aromatic carbocycles. The first kappa shape index (κ1) is 12.4. The molecule has 0 spiro atoms. The predicted octanol–water partition coefficient (Wildman–Crippen LogP) is 2.78. The van der Waals surface area contributed by atoms with E-state index in [-0.39, 0.29) is 6.04 Å². The zero-order valence-electron chi connectivity index (χ0n) is 8.71. The third-order valence-electron chi connectivity index (χ3n) is 2.63. The van der Waals surface area contributed by atoms with Crippen molar-refractivity contribution in [3.05, 3.63) is 33.8 Å². The Hall–Kier alpha value is -0.0900. The van der Waals surface area contributed by atoms with Crippen LogP contribution in [0.1, 0.15) is 18.0 Å². The molecular weight excluding hydrogens is 265 g/mol. The molecular formula is C11H13Cl2NOS. The summed E-state index contributed by atoms with van der Waals surface area (Å²) in [5.41, 5.74) is 0.949. The number of rotatable bonds is 1. The summed E-state index contributed by atoms with van der Waals surface area (Å²) < 4.78 is 11.7. The SMILES string of the molecule is O=S1CCCNC(c2cc(Cl)ccc2Cl)C1. The number of hydrogen-bond donors (Lipinski definition) is 1. The standard InChI is InChI=1S/C11H13Cl2NOS/c12-8-2-3-10(13)9(6-8)11-7-16(15)5-1-4-14-11/h2-3,6,11,14H,1,4-5,7H2. The van der Waals surface area contributed by atoms with Crippen LogP contribution in [0.3, 0.4) is 0 Å². The predicted molar refractivity (Wildman–Crippen MR) is 69.7 cm³/mol. The maximum absolute atomic E-state index is 11.7. The van der Waals surface area contributed by atoms with Crippen LogP contribution in [-0.2, 0) is 10.8 Å². The van der Waals surface area contributed by atoms with Crippen molar-refractivity contribution in [2.24, 2.45) is 0 Å². The van der Waals surface area contributed by atoms with Crippen LogP contribution in [0, 0.1) is 0 Å². The van der Waals surface area contributed by atoms with Crippen LogP contribution in [0.25, 0.3) is 0 Å². The fraction of sp³-hybridized carbons (Fsp3) is 0.455. The molecule has 1 aliphatic heterocycles. The van der Waals surface area contributed by atoms with Gasteiger partial charge < -0.3 is 5.32 Å². The lowest BCUT2D eigenvalue weighted by atomic mass is 10.1. The molecule has 5 heteroatoms. The first-order valence-electron chi connectivity index (χ1n) is 5.20. The van der Waals surface area contributed by atoms with Gasteiger partial charge in [0.1, 0.15) is 0 Å². The van der Waals surface area contributed by atoms with E-state index in [1.54, 1.807) is 12.1 Å². The second-order valence-electron chi connectivity index (χ2n) is 3.84. The van der Waals surface area contributed by atoms with Gasteiger partial charge in [-0.15, -0.1) is 0 Å². The van der Waals surface area contributed by atoms with Gasteiger partial charge in [0.2, 0.25) is 0 Å². The lowest BCUT2D eigenvalue weighted by molar-refractivity contribution is 0.587. The largest absolute Gasteiger partial charge is 0.309 e. The van der Waals surface area contributed by atoms with Crippen LogP contribution in [0.4, 0.5) is 0 Å². The van der Waals surface area contributed by atoms with Crippen LogP contribution in [0.5, 0.6) is 0 Å². The van der Waals surface area contributed by atoms with Crippen molar-refractivity contribution in [1.82, 2.24) is 5.32 Å². The summed E-state index contributed by atoms with van der Waals surface area (Å²) in [6.07, 6.45) is 0.946. The van der Waals surface area contributed by atoms with E-state index < -0.39 is 10.8 Å². The molecule has 1 saturated heterocycles. The Balaban J connectivity index is 2.27. The van der Waals surface area contributed by atoms with Crippen LogP contribution in [-0.4, -0.2) is 22.3 Å². The molecule has 0 aliphatic carbocycles. The molecule has 2 rings (SSSR count). The summed E-state index contributed by atoms with van der Waals surface area (Å²) in [5.74, 6) is 1.38. The van der Waals surface area contributed by atoms with Crippen molar-refractivity contribution in [2.45, 2.75) is 12.5 Å². The maximum atomic E-state index is 11.7. The average Bonchev–Trinajstić information content (AvgIpc) is 2.46. The zero-order chi connectivity index (χ0) is 11.5. The highest BCUT2D eigenvalue weighted by Gasteiger charge is 2.20. The molecule has 1 heterocycles. The second-order valence-corrected chi connectivity index (χ2v) is 6.30. The van der Waals surface area contributed by atoms with Gasteiger partial charge in [-0.3, -0.25) is 4.21 Å². The van der Waals surface area contributed by atoms with Crippen LogP contribution in [0.15, 0.2) is 18.2 Å². The Morgan fingerprint density at radius 1 is 1.38 bits per heavy atom. The fourth-order valence-electron chi connectivity index (χ4n) is 1.82. The molecule has 16 heavy (non-hydrogen) atoms. The monoisotopic (exact) mass is 277 g/mol. The summed E-state index contributed by atoms with van der Waals surface area (Å²) in [6.45, 7) is 0.874. The van der Waals surface area contributed by atoms with Crippen LogP contribution < -0.4 is 5.32 Å². The topological polar surface area (TPSA) is 29.1 Å². The van der Waals surface area contributed by atoms with Crippen LogP contribution >= 0.6 is 23.2 Å². The Kier molecular flexibility index (Phi) is 4.25. The van der Waals surface area contributed by atoms with Gasteiger partial charge in [0.05, 0.1) is 0 Å². The fourth-order valence-corrected chi connectivity index (χ4v) is 3.55. The van der Waals surface area contributed by atoms with Gasteiger partial charge in [0.25, 0.3) is 0 Å². The van der Waals surface area contributed by atoms with Gasteiger partial charge in [0, 0.05) is 38.4 Å². The van der Waals surface area contributed by atoms with Crippen molar-refractivity contribution >= 4 is 34.0 Å². The lowest BCUT2D eigenvalue weighted by Gasteiger charge is -2.17. The lowest BCUT2D eigenvalue weighted by Crippen LogP contribution is -2.24. The quantitative estimate of drug-likeness (QED) is 0.855. The van der Waals surface area contributed by atoms with E-state index >= 15 is 0 Å². The highest BCUT2D eigenvalue weighted by Crippen LogP contribution is 2.27. The molecule has 1 aromatic rings. The molecule has 0 saturated carbocycles. The molecule has 88 valence electrons. The minimum Gasteiger partial charge on any atom is -0.309 e. The van der Waals surface area contributed by atoms with Gasteiger partial charge in [-0.2, -0.15) is 0 Å². The van der Waals surface area contributed by atoms with Crippen molar-refractivity contribution < 1.29 is 4.21 Å².